The van der Waals surface area contributed by atoms with Crippen LogP contribution in [0.15, 0.2) is 22.7 Å². The molecule has 0 saturated heterocycles. The average Bonchev–Trinajstić information content (AvgIpc) is 2.25. The Bertz CT molecular complexity index is 489. The van der Waals surface area contributed by atoms with Gasteiger partial charge in [0.05, 0.1) is 12.1 Å². The minimum absolute atomic E-state index is 0.0839. The highest BCUT2D eigenvalue weighted by atomic mass is 79.9. The van der Waals surface area contributed by atoms with Gasteiger partial charge in [0.25, 0.3) is 0 Å². The van der Waals surface area contributed by atoms with E-state index >= 15 is 0 Å². The highest BCUT2D eigenvalue weighted by Crippen LogP contribution is 2.32. The van der Waals surface area contributed by atoms with Crippen LogP contribution in [-0.4, -0.2) is 28.6 Å². The van der Waals surface area contributed by atoms with Crippen LogP contribution < -0.4 is 0 Å². The van der Waals surface area contributed by atoms with E-state index in [0.717, 1.165) is 12.1 Å². The lowest BCUT2D eigenvalue weighted by Gasteiger charge is -2.25. The Morgan fingerprint density at radius 2 is 1.95 bits per heavy atom. The Balaban J connectivity index is 3.01. The molecule has 0 atom stereocenters. The third-order valence-electron chi connectivity index (χ3n) is 2.74. The van der Waals surface area contributed by atoms with Crippen LogP contribution in [0.5, 0.6) is 0 Å². The SMILES string of the molecule is CC(C)N(CC(=O)O)Cc1cc(Br)cc(C(F)(F)F)c1. The summed E-state index contributed by atoms with van der Waals surface area (Å²) in [6.07, 6.45) is -4.42. The molecular formula is C13H15BrF3NO2. The summed E-state index contributed by atoms with van der Waals surface area (Å²) in [6, 6.07) is 3.52. The number of hydrogen-bond acceptors (Lipinski definition) is 2. The molecular weight excluding hydrogens is 339 g/mol. The van der Waals surface area contributed by atoms with Gasteiger partial charge in [-0.2, -0.15) is 13.2 Å². The Morgan fingerprint density at radius 3 is 2.40 bits per heavy atom. The number of hydrogen-bond donors (Lipinski definition) is 1. The molecule has 0 aliphatic heterocycles. The molecule has 0 bridgehead atoms. The van der Waals surface area contributed by atoms with Crippen LogP contribution in [0.2, 0.25) is 0 Å². The van der Waals surface area contributed by atoms with Gasteiger partial charge in [-0.15, -0.1) is 0 Å². The van der Waals surface area contributed by atoms with Crippen LogP contribution in [-0.2, 0) is 17.5 Å². The molecule has 0 amide bonds. The molecule has 0 aliphatic rings. The Morgan fingerprint density at radius 1 is 1.35 bits per heavy atom. The molecule has 0 radical (unpaired) electrons. The second-order valence-electron chi connectivity index (χ2n) is 4.74. The minimum atomic E-state index is -4.42. The van der Waals surface area contributed by atoms with Gasteiger partial charge in [-0.05, 0) is 37.6 Å². The predicted octanol–water partition coefficient (Wildman–Crippen LogP) is 3.76. The van der Waals surface area contributed by atoms with Crippen molar-refractivity contribution in [2.24, 2.45) is 0 Å². The minimum Gasteiger partial charge on any atom is -0.480 e. The zero-order chi connectivity index (χ0) is 15.5. The van der Waals surface area contributed by atoms with E-state index in [1.165, 1.54) is 0 Å². The molecule has 7 heteroatoms. The monoisotopic (exact) mass is 353 g/mol. The molecule has 1 aromatic carbocycles. The molecule has 0 aliphatic carbocycles. The first kappa shape index (κ1) is 17.0. The van der Waals surface area contributed by atoms with E-state index in [4.69, 9.17) is 5.11 Å². The van der Waals surface area contributed by atoms with Gasteiger partial charge in [0.1, 0.15) is 0 Å². The van der Waals surface area contributed by atoms with Crippen molar-refractivity contribution < 1.29 is 23.1 Å². The van der Waals surface area contributed by atoms with Crippen molar-refractivity contribution in [1.82, 2.24) is 4.90 Å². The summed E-state index contributed by atoms with van der Waals surface area (Å²) in [5.74, 6) is -1.01. The third-order valence-corrected chi connectivity index (χ3v) is 3.20. The van der Waals surface area contributed by atoms with Crippen molar-refractivity contribution in [2.75, 3.05) is 6.54 Å². The van der Waals surface area contributed by atoms with Crippen molar-refractivity contribution in [2.45, 2.75) is 32.6 Å². The number of carbonyl (C=O) groups is 1. The van der Waals surface area contributed by atoms with E-state index in [-0.39, 0.29) is 19.1 Å². The van der Waals surface area contributed by atoms with Gasteiger partial charge in [-0.3, -0.25) is 9.69 Å². The average molecular weight is 354 g/mol. The fourth-order valence-corrected chi connectivity index (χ4v) is 2.28. The normalized spacial score (nSPS) is 12.2. The molecule has 0 aromatic heterocycles. The van der Waals surface area contributed by atoms with Crippen molar-refractivity contribution in [3.05, 3.63) is 33.8 Å². The zero-order valence-corrected chi connectivity index (χ0v) is 12.6. The first-order chi connectivity index (χ1) is 9.09. The molecule has 20 heavy (non-hydrogen) atoms. The van der Waals surface area contributed by atoms with Gasteiger partial charge in [0, 0.05) is 17.1 Å². The second kappa shape index (κ2) is 6.58. The van der Waals surface area contributed by atoms with Crippen LogP contribution in [0.25, 0.3) is 0 Å². The Kier molecular flexibility index (Phi) is 5.59. The topological polar surface area (TPSA) is 40.5 Å². The highest BCUT2D eigenvalue weighted by molar-refractivity contribution is 9.10. The zero-order valence-electron chi connectivity index (χ0n) is 11.0. The fraction of sp³-hybridized carbons (Fsp3) is 0.462. The van der Waals surface area contributed by atoms with Gasteiger partial charge >= 0.3 is 12.1 Å². The molecule has 0 fully saturated rings. The van der Waals surface area contributed by atoms with E-state index in [1.807, 2.05) is 0 Å². The first-order valence-electron chi connectivity index (χ1n) is 5.92. The molecule has 1 aromatic rings. The maximum absolute atomic E-state index is 12.7. The number of carboxylic acid groups (broad SMARTS) is 1. The number of aliphatic carboxylic acids is 1. The molecule has 112 valence electrons. The Hall–Kier alpha value is -1.08. The van der Waals surface area contributed by atoms with Crippen LogP contribution in [0.3, 0.4) is 0 Å². The summed E-state index contributed by atoms with van der Waals surface area (Å²) >= 11 is 3.05. The maximum Gasteiger partial charge on any atom is 0.416 e. The number of alkyl halides is 3. The lowest BCUT2D eigenvalue weighted by atomic mass is 10.1. The summed E-state index contributed by atoms with van der Waals surface area (Å²) in [5.41, 5.74) is -0.331. The number of rotatable bonds is 5. The van der Waals surface area contributed by atoms with E-state index in [0.29, 0.717) is 10.0 Å². The maximum atomic E-state index is 12.7. The molecule has 1 N–H and O–H groups in total. The second-order valence-corrected chi connectivity index (χ2v) is 5.65. The van der Waals surface area contributed by atoms with Crippen LogP contribution in [0.4, 0.5) is 13.2 Å². The standard InChI is InChI=1S/C13H15BrF3NO2/c1-8(2)18(7-12(19)20)6-9-3-10(13(15,16)17)5-11(14)4-9/h3-5,8H,6-7H2,1-2H3,(H,19,20). The first-order valence-corrected chi connectivity index (χ1v) is 6.71. The number of halogens is 4. The van der Waals surface area contributed by atoms with Crippen molar-refractivity contribution in [3.8, 4) is 0 Å². The Labute approximate surface area is 123 Å². The van der Waals surface area contributed by atoms with Gasteiger partial charge in [0.2, 0.25) is 0 Å². The molecule has 1 rings (SSSR count). The lowest BCUT2D eigenvalue weighted by Crippen LogP contribution is -2.35. The summed E-state index contributed by atoms with van der Waals surface area (Å²) < 4.78 is 38.5. The third kappa shape index (κ3) is 5.13. The van der Waals surface area contributed by atoms with Crippen LogP contribution >= 0.6 is 15.9 Å². The fourth-order valence-electron chi connectivity index (χ4n) is 1.73. The largest absolute Gasteiger partial charge is 0.480 e. The lowest BCUT2D eigenvalue weighted by molar-refractivity contribution is -0.139. The molecule has 0 unspecified atom stereocenters. The molecule has 0 saturated carbocycles. The van der Waals surface area contributed by atoms with Crippen molar-refractivity contribution >= 4 is 21.9 Å². The van der Waals surface area contributed by atoms with E-state index in [9.17, 15) is 18.0 Å². The number of benzene rings is 1. The van der Waals surface area contributed by atoms with E-state index in [2.05, 4.69) is 15.9 Å². The predicted molar refractivity (Wildman–Crippen MR) is 72.3 cm³/mol. The van der Waals surface area contributed by atoms with Gasteiger partial charge < -0.3 is 5.11 Å². The van der Waals surface area contributed by atoms with Gasteiger partial charge in [-0.25, -0.2) is 0 Å². The van der Waals surface area contributed by atoms with Gasteiger partial charge in [0.15, 0.2) is 0 Å². The summed E-state index contributed by atoms with van der Waals surface area (Å²) in [4.78, 5) is 12.4. The summed E-state index contributed by atoms with van der Waals surface area (Å²) in [6.45, 7) is 3.52. The summed E-state index contributed by atoms with van der Waals surface area (Å²) in [7, 11) is 0. The van der Waals surface area contributed by atoms with E-state index < -0.39 is 17.7 Å². The van der Waals surface area contributed by atoms with Crippen LogP contribution in [0.1, 0.15) is 25.0 Å². The molecule has 3 nitrogen and oxygen atoms in total. The van der Waals surface area contributed by atoms with Crippen molar-refractivity contribution in [3.63, 3.8) is 0 Å². The van der Waals surface area contributed by atoms with E-state index in [1.54, 1.807) is 24.8 Å². The van der Waals surface area contributed by atoms with Gasteiger partial charge in [-0.1, -0.05) is 15.9 Å². The quantitative estimate of drug-likeness (QED) is 0.875. The molecule has 0 spiro atoms. The molecule has 0 heterocycles. The highest BCUT2D eigenvalue weighted by Gasteiger charge is 2.31. The smallest absolute Gasteiger partial charge is 0.416 e. The van der Waals surface area contributed by atoms with Crippen molar-refractivity contribution in [1.29, 1.82) is 0 Å². The van der Waals surface area contributed by atoms with Crippen LogP contribution in [0, 0.1) is 0 Å². The number of nitrogens with zero attached hydrogens (tertiary/aromatic N) is 1. The summed E-state index contributed by atoms with van der Waals surface area (Å²) in [5, 5.41) is 8.82. The number of carboxylic acids is 1.